The highest BCUT2D eigenvalue weighted by Gasteiger charge is 2.48. The molecule has 1 amide bonds. The number of methoxy groups -OCH3 is 2. The quantitative estimate of drug-likeness (QED) is 0.838. The molecule has 25 heavy (non-hydrogen) atoms. The van der Waals surface area contributed by atoms with Gasteiger partial charge in [0.05, 0.1) is 38.1 Å². The summed E-state index contributed by atoms with van der Waals surface area (Å²) in [6, 6.07) is 5.21. The minimum Gasteiger partial charge on any atom is -0.493 e. The monoisotopic (exact) mass is 351 g/mol. The molecule has 2 aliphatic rings. The standard InChI is InChI=1S/C18H25NO6/c1-23-14-5-3-4-12(15(14)24-2)17(22)19-9-7-18(8-10-19)16(21)13(20)6-11-25-18/h3-5,13,16,20-21H,6-11H2,1-2H3/t13-,16-/m0/s1. The molecule has 2 heterocycles. The molecular weight excluding hydrogens is 326 g/mol. The molecule has 1 aromatic rings. The average Bonchev–Trinajstić information content (AvgIpc) is 2.65. The predicted molar refractivity (Wildman–Crippen MR) is 90.0 cm³/mol. The van der Waals surface area contributed by atoms with Gasteiger partial charge in [-0.3, -0.25) is 4.79 Å². The summed E-state index contributed by atoms with van der Waals surface area (Å²) in [6.07, 6.45) is -0.265. The Kier molecular flexibility index (Phi) is 5.17. The number of piperidine rings is 1. The van der Waals surface area contributed by atoms with Crippen LogP contribution in [0.15, 0.2) is 18.2 Å². The van der Waals surface area contributed by atoms with Gasteiger partial charge in [-0.1, -0.05) is 6.07 Å². The van der Waals surface area contributed by atoms with E-state index in [0.29, 0.717) is 56.0 Å². The molecule has 7 nitrogen and oxygen atoms in total. The van der Waals surface area contributed by atoms with Crippen molar-refractivity contribution in [3.05, 3.63) is 23.8 Å². The number of hydrogen-bond donors (Lipinski definition) is 2. The number of likely N-dealkylation sites (tertiary alicyclic amines) is 1. The third-order valence-corrected chi connectivity index (χ3v) is 5.24. The zero-order chi connectivity index (χ0) is 18.0. The van der Waals surface area contributed by atoms with Crippen molar-refractivity contribution < 1.29 is 29.2 Å². The summed E-state index contributed by atoms with van der Waals surface area (Å²) < 4.78 is 16.4. The van der Waals surface area contributed by atoms with Crippen molar-refractivity contribution in [2.45, 2.75) is 37.1 Å². The maximum Gasteiger partial charge on any atom is 0.257 e. The Labute approximate surface area is 147 Å². The van der Waals surface area contributed by atoms with Crippen LogP contribution >= 0.6 is 0 Å². The zero-order valence-corrected chi connectivity index (χ0v) is 14.6. The van der Waals surface area contributed by atoms with Gasteiger partial charge in [0.25, 0.3) is 5.91 Å². The number of hydrogen-bond acceptors (Lipinski definition) is 6. The second-order valence-corrected chi connectivity index (χ2v) is 6.55. The molecule has 0 saturated carbocycles. The van der Waals surface area contributed by atoms with Crippen LogP contribution in [0, 0.1) is 0 Å². The lowest BCUT2D eigenvalue weighted by molar-refractivity contribution is -0.212. The number of para-hydroxylation sites is 1. The Hall–Kier alpha value is -1.83. The van der Waals surface area contributed by atoms with Gasteiger partial charge < -0.3 is 29.3 Å². The van der Waals surface area contributed by atoms with E-state index in [2.05, 4.69) is 0 Å². The number of aliphatic hydroxyl groups is 2. The topological polar surface area (TPSA) is 88.5 Å². The van der Waals surface area contributed by atoms with E-state index in [1.807, 2.05) is 0 Å². The van der Waals surface area contributed by atoms with Crippen molar-refractivity contribution in [3.63, 3.8) is 0 Å². The van der Waals surface area contributed by atoms with Crippen LogP contribution in [0.1, 0.15) is 29.6 Å². The third kappa shape index (κ3) is 3.19. The van der Waals surface area contributed by atoms with Crippen LogP contribution in [0.3, 0.4) is 0 Å². The van der Waals surface area contributed by atoms with E-state index in [9.17, 15) is 15.0 Å². The summed E-state index contributed by atoms with van der Waals surface area (Å²) in [5.74, 6) is 0.784. The average molecular weight is 351 g/mol. The number of nitrogens with zero attached hydrogens (tertiary/aromatic N) is 1. The van der Waals surface area contributed by atoms with Gasteiger partial charge in [-0.15, -0.1) is 0 Å². The molecule has 1 aromatic carbocycles. The van der Waals surface area contributed by atoms with Crippen molar-refractivity contribution in [2.75, 3.05) is 33.9 Å². The minimum absolute atomic E-state index is 0.142. The molecule has 1 spiro atoms. The first kappa shape index (κ1) is 18.0. The summed E-state index contributed by atoms with van der Waals surface area (Å²) in [4.78, 5) is 14.6. The van der Waals surface area contributed by atoms with Crippen LogP contribution in [0.25, 0.3) is 0 Å². The van der Waals surface area contributed by atoms with Crippen LogP contribution in [0.4, 0.5) is 0 Å². The maximum absolute atomic E-state index is 12.9. The van der Waals surface area contributed by atoms with Crippen LogP contribution in [-0.2, 0) is 4.74 Å². The summed E-state index contributed by atoms with van der Waals surface area (Å²) in [6.45, 7) is 1.32. The molecule has 0 aromatic heterocycles. The predicted octanol–water partition coefficient (Wildman–Crippen LogP) is 0.821. The maximum atomic E-state index is 12.9. The Balaban J connectivity index is 1.74. The molecule has 138 valence electrons. The zero-order valence-electron chi connectivity index (χ0n) is 14.6. The van der Waals surface area contributed by atoms with E-state index in [0.717, 1.165) is 0 Å². The first-order chi connectivity index (χ1) is 12.0. The van der Waals surface area contributed by atoms with Crippen LogP contribution in [-0.4, -0.2) is 72.7 Å². The largest absolute Gasteiger partial charge is 0.493 e. The molecule has 0 radical (unpaired) electrons. The second kappa shape index (κ2) is 7.19. The van der Waals surface area contributed by atoms with Crippen molar-refractivity contribution in [3.8, 4) is 11.5 Å². The fourth-order valence-electron chi connectivity index (χ4n) is 3.73. The van der Waals surface area contributed by atoms with E-state index >= 15 is 0 Å². The molecule has 0 aliphatic carbocycles. The molecule has 0 bridgehead atoms. The van der Waals surface area contributed by atoms with E-state index < -0.39 is 17.8 Å². The lowest BCUT2D eigenvalue weighted by Gasteiger charge is -2.48. The fourth-order valence-corrected chi connectivity index (χ4v) is 3.73. The molecular formula is C18H25NO6. The highest BCUT2D eigenvalue weighted by Crippen LogP contribution is 2.37. The van der Waals surface area contributed by atoms with Gasteiger partial charge in [0.2, 0.25) is 0 Å². The third-order valence-electron chi connectivity index (χ3n) is 5.24. The summed E-state index contributed by atoms with van der Waals surface area (Å²) in [5, 5.41) is 20.3. The van der Waals surface area contributed by atoms with Gasteiger partial charge in [-0.2, -0.15) is 0 Å². The number of ether oxygens (including phenoxy) is 3. The smallest absolute Gasteiger partial charge is 0.257 e. The van der Waals surface area contributed by atoms with E-state index in [-0.39, 0.29) is 5.91 Å². The van der Waals surface area contributed by atoms with Gasteiger partial charge in [0, 0.05) is 13.1 Å². The number of aliphatic hydroxyl groups excluding tert-OH is 2. The molecule has 2 N–H and O–H groups in total. The minimum atomic E-state index is -0.912. The lowest BCUT2D eigenvalue weighted by Crippen LogP contribution is -2.60. The first-order valence-corrected chi connectivity index (χ1v) is 8.53. The Morgan fingerprint density at radius 1 is 1.24 bits per heavy atom. The number of benzene rings is 1. The fraction of sp³-hybridized carbons (Fsp3) is 0.611. The van der Waals surface area contributed by atoms with Crippen molar-refractivity contribution in [1.82, 2.24) is 4.90 Å². The van der Waals surface area contributed by atoms with Gasteiger partial charge in [0.15, 0.2) is 11.5 Å². The highest BCUT2D eigenvalue weighted by molar-refractivity contribution is 5.97. The molecule has 2 atom stereocenters. The molecule has 2 aliphatic heterocycles. The van der Waals surface area contributed by atoms with Crippen molar-refractivity contribution in [2.24, 2.45) is 0 Å². The van der Waals surface area contributed by atoms with Crippen LogP contribution in [0.2, 0.25) is 0 Å². The van der Waals surface area contributed by atoms with Gasteiger partial charge in [-0.05, 0) is 31.4 Å². The van der Waals surface area contributed by atoms with Crippen LogP contribution < -0.4 is 9.47 Å². The second-order valence-electron chi connectivity index (χ2n) is 6.55. The molecule has 2 saturated heterocycles. The Bertz CT molecular complexity index is 626. The Morgan fingerprint density at radius 3 is 2.60 bits per heavy atom. The molecule has 2 fully saturated rings. The number of amides is 1. The van der Waals surface area contributed by atoms with E-state index in [4.69, 9.17) is 14.2 Å². The van der Waals surface area contributed by atoms with E-state index in [1.165, 1.54) is 14.2 Å². The number of carbonyl (C=O) groups excluding carboxylic acids is 1. The molecule has 3 rings (SSSR count). The van der Waals surface area contributed by atoms with Crippen LogP contribution in [0.5, 0.6) is 11.5 Å². The lowest BCUT2D eigenvalue weighted by atomic mass is 9.80. The molecule has 7 heteroatoms. The summed E-state index contributed by atoms with van der Waals surface area (Å²) in [5.41, 5.74) is -0.310. The molecule has 0 unspecified atom stereocenters. The van der Waals surface area contributed by atoms with Gasteiger partial charge in [-0.25, -0.2) is 0 Å². The Morgan fingerprint density at radius 2 is 1.96 bits per heavy atom. The highest BCUT2D eigenvalue weighted by atomic mass is 16.5. The number of carbonyl (C=O) groups is 1. The van der Waals surface area contributed by atoms with Gasteiger partial charge >= 0.3 is 0 Å². The van der Waals surface area contributed by atoms with E-state index in [1.54, 1.807) is 23.1 Å². The summed E-state index contributed by atoms with van der Waals surface area (Å²) >= 11 is 0. The first-order valence-electron chi connectivity index (χ1n) is 8.53. The van der Waals surface area contributed by atoms with Crippen molar-refractivity contribution >= 4 is 5.91 Å². The van der Waals surface area contributed by atoms with Gasteiger partial charge in [0.1, 0.15) is 6.10 Å². The summed E-state index contributed by atoms with van der Waals surface area (Å²) in [7, 11) is 3.04. The number of rotatable bonds is 3. The normalized spacial score (nSPS) is 25.7. The SMILES string of the molecule is COc1cccc(C(=O)N2CCC3(CC2)OCC[C@H](O)[C@@H]3O)c1OC. The van der Waals surface area contributed by atoms with Crippen molar-refractivity contribution in [1.29, 1.82) is 0 Å².